The van der Waals surface area contributed by atoms with E-state index in [2.05, 4.69) is 17.3 Å². The SMILES string of the molecule is CCn1cc(CNC[C@H](C)O)cn1. The molecule has 4 heteroatoms. The van der Waals surface area contributed by atoms with Crippen LogP contribution in [0.2, 0.25) is 0 Å². The lowest BCUT2D eigenvalue weighted by atomic mass is 10.3. The van der Waals surface area contributed by atoms with Crippen LogP contribution in [-0.4, -0.2) is 27.5 Å². The lowest BCUT2D eigenvalue weighted by molar-refractivity contribution is 0.191. The Hall–Kier alpha value is -0.870. The molecule has 1 rings (SSSR count). The fourth-order valence-corrected chi connectivity index (χ4v) is 1.10. The molecule has 0 bridgehead atoms. The minimum atomic E-state index is -0.291. The number of aromatic nitrogens is 2. The highest BCUT2D eigenvalue weighted by molar-refractivity contribution is 5.03. The van der Waals surface area contributed by atoms with Gasteiger partial charge in [0.2, 0.25) is 0 Å². The van der Waals surface area contributed by atoms with Crippen LogP contribution < -0.4 is 5.32 Å². The van der Waals surface area contributed by atoms with Crippen LogP contribution in [0.25, 0.3) is 0 Å². The summed E-state index contributed by atoms with van der Waals surface area (Å²) >= 11 is 0. The van der Waals surface area contributed by atoms with Crippen LogP contribution in [0.1, 0.15) is 19.4 Å². The molecule has 0 aromatic carbocycles. The summed E-state index contributed by atoms with van der Waals surface area (Å²) < 4.78 is 1.89. The molecule has 13 heavy (non-hydrogen) atoms. The van der Waals surface area contributed by atoms with E-state index in [1.165, 1.54) is 0 Å². The summed E-state index contributed by atoms with van der Waals surface area (Å²) in [7, 11) is 0. The maximum atomic E-state index is 9.00. The normalized spacial score (nSPS) is 13.2. The third-order valence-electron chi connectivity index (χ3n) is 1.78. The van der Waals surface area contributed by atoms with Gasteiger partial charge in [-0.2, -0.15) is 5.10 Å². The van der Waals surface area contributed by atoms with Gasteiger partial charge in [-0.3, -0.25) is 4.68 Å². The van der Waals surface area contributed by atoms with Crippen molar-refractivity contribution in [1.82, 2.24) is 15.1 Å². The van der Waals surface area contributed by atoms with Crippen molar-refractivity contribution >= 4 is 0 Å². The molecule has 0 aliphatic heterocycles. The van der Waals surface area contributed by atoms with Gasteiger partial charge in [0.25, 0.3) is 0 Å². The molecule has 0 amide bonds. The smallest absolute Gasteiger partial charge is 0.0636 e. The van der Waals surface area contributed by atoms with E-state index in [0.29, 0.717) is 6.54 Å². The molecule has 0 aliphatic carbocycles. The Morgan fingerprint density at radius 3 is 3.00 bits per heavy atom. The number of aliphatic hydroxyl groups excluding tert-OH is 1. The number of nitrogens with zero attached hydrogens (tertiary/aromatic N) is 2. The molecule has 1 aromatic heterocycles. The van der Waals surface area contributed by atoms with E-state index in [9.17, 15) is 0 Å². The van der Waals surface area contributed by atoms with Crippen molar-refractivity contribution in [2.75, 3.05) is 6.54 Å². The standard InChI is InChI=1S/C9H17N3O/c1-3-12-7-9(6-11-12)5-10-4-8(2)13/h6-8,10,13H,3-5H2,1-2H3/t8-/m0/s1. The molecule has 0 saturated carbocycles. The summed E-state index contributed by atoms with van der Waals surface area (Å²) in [6.07, 6.45) is 3.56. The van der Waals surface area contributed by atoms with Crippen LogP contribution in [0.4, 0.5) is 0 Å². The third kappa shape index (κ3) is 3.57. The Kier molecular flexibility index (Phi) is 3.92. The number of hydrogen-bond donors (Lipinski definition) is 2. The minimum Gasteiger partial charge on any atom is -0.392 e. The van der Waals surface area contributed by atoms with E-state index in [0.717, 1.165) is 18.7 Å². The summed E-state index contributed by atoms with van der Waals surface area (Å²) in [6, 6.07) is 0. The van der Waals surface area contributed by atoms with Gasteiger partial charge in [-0.1, -0.05) is 0 Å². The highest BCUT2D eigenvalue weighted by Gasteiger charge is 1.98. The second kappa shape index (κ2) is 4.99. The molecule has 0 aliphatic rings. The van der Waals surface area contributed by atoms with Crippen molar-refractivity contribution in [2.45, 2.75) is 33.0 Å². The zero-order valence-corrected chi connectivity index (χ0v) is 8.20. The molecule has 74 valence electrons. The van der Waals surface area contributed by atoms with Crippen molar-refractivity contribution in [3.63, 3.8) is 0 Å². The number of hydrogen-bond acceptors (Lipinski definition) is 3. The lowest BCUT2D eigenvalue weighted by Gasteiger charge is -2.04. The van der Waals surface area contributed by atoms with Gasteiger partial charge in [0.15, 0.2) is 0 Å². The molecule has 4 nitrogen and oxygen atoms in total. The van der Waals surface area contributed by atoms with Gasteiger partial charge in [0, 0.05) is 31.4 Å². The minimum absolute atomic E-state index is 0.291. The molecule has 0 spiro atoms. The van der Waals surface area contributed by atoms with E-state index in [1.54, 1.807) is 6.92 Å². The highest BCUT2D eigenvalue weighted by Crippen LogP contribution is 1.96. The van der Waals surface area contributed by atoms with Gasteiger partial charge < -0.3 is 10.4 Å². The van der Waals surface area contributed by atoms with Crippen LogP contribution in [0, 0.1) is 0 Å². The van der Waals surface area contributed by atoms with Crippen LogP contribution in [0.5, 0.6) is 0 Å². The second-order valence-corrected chi connectivity index (χ2v) is 3.18. The van der Waals surface area contributed by atoms with E-state index in [4.69, 9.17) is 5.11 Å². The summed E-state index contributed by atoms with van der Waals surface area (Å²) in [5.74, 6) is 0. The summed E-state index contributed by atoms with van der Waals surface area (Å²) in [5.41, 5.74) is 1.16. The number of nitrogens with one attached hydrogen (secondary N) is 1. The molecule has 1 atom stereocenters. The van der Waals surface area contributed by atoms with Gasteiger partial charge in [0.05, 0.1) is 12.3 Å². The Labute approximate surface area is 78.6 Å². The fourth-order valence-electron chi connectivity index (χ4n) is 1.10. The molecule has 0 unspecified atom stereocenters. The molecular formula is C9H17N3O. The molecule has 1 aromatic rings. The van der Waals surface area contributed by atoms with Crippen LogP contribution in [-0.2, 0) is 13.1 Å². The van der Waals surface area contributed by atoms with Crippen molar-refractivity contribution in [3.8, 4) is 0 Å². The molecule has 1 heterocycles. The number of rotatable bonds is 5. The Morgan fingerprint density at radius 2 is 2.46 bits per heavy atom. The average Bonchev–Trinajstić information content (AvgIpc) is 2.52. The van der Waals surface area contributed by atoms with E-state index >= 15 is 0 Å². The fraction of sp³-hybridized carbons (Fsp3) is 0.667. The maximum absolute atomic E-state index is 9.00. The van der Waals surface area contributed by atoms with Crippen molar-refractivity contribution in [3.05, 3.63) is 18.0 Å². The molecule has 2 N–H and O–H groups in total. The Balaban J connectivity index is 2.28. The van der Waals surface area contributed by atoms with Gasteiger partial charge >= 0.3 is 0 Å². The lowest BCUT2D eigenvalue weighted by Crippen LogP contribution is -2.23. The third-order valence-corrected chi connectivity index (χ3v) is 1.78. The van der Waals surface area contributed by atoms with E-state index < -0.39 is 0 Å². The first kappa shape index (κ1) is 10.2. The van der Waals surface area contributed by atoms with E-state index in [1.807, 2.05) is 17.1 Å². The first-order valence-electron chi connectivity index (χ1n) is 4.62. The maximum Gasteiger partial charge on any atom is 0.0636 e. The van der Waals surface area contributed by atoms with Crippen LogP contribution in [0.3, 0.4) is 0 Å². The molecule has 0 radical (unpaired) electrons. The Bertz CT molecular complexity index is 245. The monoisotopic (exact) mass is 183 g/mol. The Morgan fingerprint density at radius 1 is 1.69 bits per heavy atom. The summed E-state index contributed by atoms with van der Waals surface area (Å²) in [5, 5.41) is 16.3. The summed E-state index contributed by atoms with van der Waals surface area (Å²) in [4.78, 5) is 0. The summed E-state index contributed by atoms with van der Waals surface area (Å²) in [6.45, 7) is 6.11. The molecule has 0 fully saturated rings. The number of aliphatic hydroxyl groups is 1. The van der Waals surface area contributed by atoms with E-state index in [-0.39, 0.29) is 6.10 Å². The average molecular weight is 183 g/mol. The second-order valence-electron chi connectivity index (χ2n) is 3.18. The van der Waals surface area contributed by atoms with Gasteiger partial charge in [-0.25, -0.2) is 0 Å². The van der Waals surface area contributed by atoms with Crippen LogP contribution in [0.15, 0.2) is 12.4 Å². The molecular weight excluding hydrogens is 166 g/mol. The predicted molar refractivity (Wildman–Crippen MR) is 51.3 cm³/mol. The topological polar surface area (TPSA) is 50.1 Å². The first-order valence-corrected chi connectivity index (χ1v) is 4.62. The van der Waals surface area contributed by atoms with Gasteiger partial charge in [-0.05, 0) is 13.8 Å². The van der Waals surface area contributed by atoms with Crippen molar-refractivity contribution in [2.24, 2.45) is 0 Å². The first-order chi connectivity index (χ1) is 6.22. The highest BCUT2D eigenvalue weighted by atomic mass is 16.3. The van der Waals surface area contributed by atoms with Gasteiger partial charge in [0.1, 0.15) is 0 Å². The largest absolute Gasteiger partial charge is 0.392 e. The van der Waals surface area contributed by atoms with Gasteiger partial charge in [-0.15, -0.1) is 0 Å². The zero-order valence-electron chi connectivity index (χ0n) is 8.20. The number of aryl methyl sites for hydroxylation is 1. The zero-order chi connectivity index (χ0) is 9.68. The van der Waals surface area contributed by atoms with Crippen LogP contribution >= 0.6 is 0 Å². The molecule has 0 saturated heterocycles. The van der Waals surface area contributed by atoms with Crippen molar-refractivity contribution < 1.29 is 5.11 Å². The van der Waals surface area contributed by atoms with Crippen molar-refractivity contribution in [1.29, 1.82) is 0 Å². The predicted octanol–water partition coefficient (Wildman–Crippen LogP) is 0.373. The quantitative estimate of drug-likeness (QED) is 0.693.